The maximum atomic E-state index is 13.8. The molecule has 1 aromatic heterocycles. The number of aryl methyl sites for hydroxylation is 1. The van der Waals surface area contributed by atoms with Gasteiger partial charge in [-0.15, -0.1) is 0 Å². The molecule has 0 aliphatic heterocycles. The van der Waals surface area contributed by atoms with Gasteiger partial charge in [-0.1, -0.05) is 50.3 Å². The van der Waals surface area contributed by atoms with Crippen molar-refractivity contribution in [3.8, 4) is 0 Å². The lowest BCUT2D eigenvalue weighted by atomic mass is 10.1. The summed E-state index contributed by atoms with van der Waals surface area (Å²) >= 11 is 0. The van der Waals surface area contributed by atoms with Crippen molar-refractivity contribution < 1.29 is 22.8 Å². The van der Waals surface area contributed by atoms with Crippen molar-refractivity contribution in [1.29, 1.82) is 0 Å². The van der Waals surface area contributed by atoms with Crippen molar-refractivity contribution >= 4 is 28.4 Å². The third kappa shape index (κ3) is 10.4. The van der Waals surface area contributed by atoms with Crippen LogP contribution in [0.15, 0.2) is 78.4 Å². The second kappa shape index (κ2) is 16.2. The smallest absolute Gasteiger partial charge is 0.272 e. The maximum Gasteiger partial charge on any atom is 0.272 e. The number of nitrogens with one attached hydrogen (secondary N) is 2. The highest BCUT2D eigenvalue weighted by atomic mass is 19.1. The Morgan fingerprint density at radius 1 is 1.07 bits per heavy atom. The third-order valence-corrected chi connectivity index (χ3v) is 6.10. The number of H-pyrrole nitrogens is 1. The molecule has 6 nitrogen and oxygen atoms in total. The normalized spacial score (nSPS) is 11.6. The van der Waals surface area contributed by atoms with Gasteiger partial charge in [0.25, 0.3) is 5.91 Å². The second-order valence-electron chi connectivity index (χ2n) is 9.56. The molecule has 3 aromatic rings. The maximum absolute atomic E-state index is 13.8. The van der Waals surface area contributed by atoms with Gasteiger partial charge >= 0.3 is 0 Å². The van der Waals surface area contributed by atoms with E-state index in [0.29, 0.717) is 54.6 Å². The number of allylic oxidation sites excluding steroid dienone is 5. The summed E-state index contributed by atoms with van der Waals surface area (Å²) in [6.45, 7) is 11.4. The zero-order chi connectivity index (χ0) is 30.5. The van der Waals surface area contributed by atoms with Gasteiger partial charge in [0.15, 0.2) is 0 Å². The number of hydrogen-bond acceptors (Lipinski definition) is 3. The summed E-state index contributed by atoms with van der Waals surface area (Å²) < 4.78 is 38.4. The topological polar surface area (TPSA) is 91.2 Å². The largest absolute Gasteiger partial charge is 0.349 e. The zero-order valence-corrected chi connectivity index (χ0v) is 24.1. The van der Waals surface area contributed by atoms with Crippen molar-refractivity contribution in [2.45, 2.75) is 53.5 Å². The average Bonchev–Trinajstić information content (AvgIpc) is 3.27. The van der Waals surface area contributed by atoms with Gasteiger partial charge < -0.3 is 20.9 Å². The predicted octanol–water partition coefficient (Wildman–Crippen LogP) is 7.50. The lowest BCUT2D eigenvalue weighted by Gasteiger charge is -2.23. The van der Waals surface area contributed by atoms with E-state index < -0.39 is 17.5 Å². The van der Waals surface area contributed by atoms with Crippen LogP contribution in [0.1, 0.15) is 62.2 Å². The lowest BCUT2D eigenvalue weighted by molar-refractivity contribution is -0.114. The molecule has 0 bridgehead atoms. The number of anilines is 1. The van der Waals surface area contributed by atoms with Crippen LogP contribution in [0.25, 0.3) is 10.9 Å². The van der Waals surface area contributed by atoms with Crippen molar-refractivity contribution in [2.75, 3.05) is 18.4 Å². The SMILES string of the molecule is C=C(/C=C(F)\C=C(/C)F)CC.CCc1cccc(CN(CCCN)C(=O)c2[nH]c3ccc(F)cc3c2NC(C)=O)c1. The summed E-state index contributed by atoms with van der Waals surface area (Å²) in [4.78, 5) is 30.0. The van der Waals surface area contributed by atoms with E-state index in [9.17, 15) is 22.8 Å². The molecular weight excluding hydrogens is 529 g/mol. The van der Waals surface area contributed by atoms with Crippen molar-refractivity contribution in [1.82, 2.24) is 9.88 Å². The Morgan fingerprint density at radius 2 is 1.78 bits per heavy atom. The first-order valence-electron chi connectivity index (χ1n) is 13.5. The highest BCUT2D eigenvalue weighted by Crippen LogP contribution is 2.30. The summed E-state index contributed by atoms with van der Waals surface area (Å²) in [6, 6.07) is 12.3. The summed E-state index contributed by atoms with van der Waals surface area (Å²) in [7, 11) is 0. The molecule has 1 heterocycles. The summed E-state index contributed by atoms with van der Waals surface area (Å²) in [5, 5.41) is 3.15. The number of nitrogens with zero attached hydrogens (tertiary/aromatic N) is 1. The van der Waals surface area contributed by atoms with Gasteiger partial charge in [-0.25, -0.2) is 13.2 Å². The number of hydrogen-bond donors (Lipinski definition) is 3. The van der Waals surface area contributed by atoms with Gasteiger partial charge in [-0.2, -0.15) is 0 Å². The van der Waals surface area contributed by atoms with Crippen LogP contribution in [-0.2, 0) is 17.8 Å². The number of rotatable bonds is 11. The molecular formula is C32H39F3N4O2. The van der Waals surface area contributed by atoms with E-state index in [2.05, 4.69) is 35.9 Å². The number of fused-ring (bicyclic) bond motifs is 1. The number of benzene rings is 2. The van der Waals surface area contributed by atoms with Gasteiger partial charge in [0.1, 0.15) is 17.3 Å². The standard InChI is InChI=1S/C23H27FN4O2.C9H12F2/c1-3-16-6-4-7-17(12-16)14-28(11-5-10-25)23(30)22-21(26-15(2)29)19-13-18(24)8-9-20(19)27-22;1-4-7(2)5-9(11)6-8(3)10/h4,6-9,12-13,27H,3,5,10-11,14,25H2,1-2H3,(H,26,29);5-6H,2,4H2,1,3H3/b;8-6+,9-5+. The van der Waals surface area contributed by atoms with E-state index in [0.717, 1.165) is 18.1 Å². The fourth-order valence-corrected chi connectivity index (χ4v) is 4.02. The number of aromatic nitrogens is 1. The van der Waals surface area contributed by atoms with Crippen molar-refractivity contribution in [3.05, 3.63) is 101 Å². The van der Waals surface area contributed by atoms with Crippen LogP contribution in [0.2, 0.25) is 0 Å². The minimum atomic E-state index is -0.586. The Hall–Kier alpha value is -4.11. The Labute approximate surface area is 239 Å². The van der Waals surface area contributed by atoms with Gasteiger partial charge in [0, 0.05) is 37.0 Å². The Morgan fingerprint density at radius 3 is 2.39 bits per heavy atom. The number of aromatic amines is 1. The van der Waals surface area contributed by atoms with E-state index >= 15 is 0 Å². The van der Waals surface area contributed by atoms with Gasteiger partial charge in [0.2, 0.25) is 5.91 Å². The van der Waals surface area contributed by atoms with E-state index in [1.165, 1.54) is 37.6 Å². The summed E-state index contributed by atoms with van der Waals surface area (Å²) in [5.41, 5.74) is 9.65. The van der Waals surface area contributed by atoms with Crippen LogP contribution in [0.3, 0.4) is 0 Å². The predicted molar refractivity (Wildman–Crippen MR) is 160 cm³/mol. The van der Waals surface area contributed by atoms with Crippen LogP contribution in [0.5, 0.6) is 0 Å². The first kappa shape index (κ1) is 33.1. The number of nitrogens with two attached hydrogens (primary N) is 1. The van der Waals surface area contributed by atoms with Crippen LogP contribution in [-0.4, -0.2) is 34.8 Å². The molecule has 2 amide bonds. The monoisotopic (exact) mass is 568 g/mol. The molecule has 0 saturated carbocycles. The van der Waals surface area contributed by atoms with Crippen LogP contribution in [0.4, 0.5) is 18.9 Å². The molecule has 0 aliphatic rings. The van der Waals surface area contributed by atoms with Gasteiger partial charge in [-0.3, -0.25) is 9.59 Å². The van der Waals surface area contributed by atoms with Crippen LogP contribution >= 0.6 is 0 Å². The molecule has 4 N–H and O–H groups in total. The fourth-order valence-electron chi connectivity index (χ4n) is 4.02. The Bertz CT molecular complexity index is 1420. The molecule has 0 radical (unpaired) electrons. The molecule has 220 valence electrons. The quantitative estimate of drug-likeness (QED) is 0.209. The van der Waals surface area contributed by atoms with Crippen LogP contribution < -0.4 is 11.1 Å². The zero-order valence-electron chi connectivity index (χ0n) is 24.1. The average molecular weight is 569 g/mol. The van der Waals surface area contributed by atoms with E-state index in [-0.39, 0.29) is 17.5 Å². The first-order chi connectivity index (χ1) is 19.5. The summed E-state index contributed by atoms with van der Waals surface area (Å²) in [5.74, 6) is -2.17. The van der Waals surface area contributed by atoms with Crippen molar-refractivity contribution in [2.24, 2.45) is 5.73 Å². The molecule has 3 rings (SSSR count). The highest BCUT2D eigenvalue weighted by Gasteiger charge is 2.24. The number of halogens is 3. The third-order valence-electron chi connectivity index (χ3n) is 6.10. The molecule has 41 heavy (non-hydrogen) atoms. The second-order valence-corrected chi connectivity index (χ2v) is 9.56. The molecule has 0 spiro atoms. The number of carbonyl (C=O) groups is 2. The fraction of sp³-hybridized carbons (Fsp3) is 0.312. The minimum absolute atomic E-state index is 0.231. The molecule has 0 atom stereocenters. The molecule has 0 fully saturated rings. The molecule has 2 aromatic carbocycles. The van der Waals surface area contributed by atoms with Gasteiger partial charge in [-0.05, 0) is 68.1 Å². The highest BCUT2D eigenvalue weighted by molar-refractivity contribution is 6.12. The van der Waals surface area contributed by atoms with Gasteiger partial charge in [0.05, 0.1) is 11.5 Å². The molecule has 0 aliphatic carbocycles. The Balaban J connectivity index is 0.000000454. The molecule has 0 unspecified atom stereocenters. The molecule has 0 saturated heterocycles. The first-order valence-corrected chi connectivity index (χ1v) is 13.5. The lowest BCUT2D eigenvalue weighted by Crippen LogP contribution is -2.33. The van der Waals surface area contributed by atoms with E-state index in [4.69, 9.17) is 5.73 Å². The molecule has 9 heteroatoms. The Kier molecular flexibility index (Phi) is 13.1. The van der Waals surface area contributed by atoms with Crippen LogP contribution in [0, 0.1) is 5.82 Å². The summed E-state index contributed by atoms with van der Waals surface area (Å²) in [6.07, 6.45) is 4.28. The van der Waals surface area contributed by atoms with Crippen molar-refractivity contribution in [3.63, 3.8) is 0 Å². The number of carbonyl (C=O) groups excluding carboxylic acids is 2. The van der Waals surface area contributed by atoms with E-state index in [1.54, 1.807) is 11.0 Å². The number of amides is 2. The van der Waals surface area contributed by atoms with E-state index in [1.807, 2.05) is 19.1 Å². The minimum Gasteiger partial charge on any atom is -0.349 e.